The van der Waals surface area contributed by atoms with E-state index < -0.39 is 5.82 Å². The van der Waals surface area contributed by atoms with Crippen molar-refractivity contribution in [2.45, 2.75) is 25.1 Å². The molecule has 1 heterocycles. The van der Waals surface area contributed by atoms with Gasteiger partial charge in [-0.25, -0.2) is 4.39 Å². The Morgan fingerprint density at radius 2 is 2.22 bits per heavy atom. The number of carbonyl (C=O) groups excluding carboxylic acids is 1. The van der Waals surface area contributed by atoms with Crippen LogP contribution in [0.4, 0.5) is 10.1 Å². The van der Waals surface area contributed by atoms with Crippen molar-refractivity contribution in [3.8, 4) is 0 Å². The standard InChI is InChI=1S/C13H17FN2OS/c1-8-9(2)18-6-5-16(8)13(17)11-7-10(14)3-4-12(11)15/h3-4,7-9H,5-6,15H2,1-2H3. The number of nitrogens with two attached hydrogens (primary N) is 1. The summed E-state index contributed by atoms with van der Waals surface area (Å²) in [5, 5.41) is 0.387. The number of hydrogen-bond donors (Lipinski definition) is 1. The first-order valence-corrected chi connectivity index (χ1v) is 7.03. The molecule has 1 aliphatic heterocycles. The molecular weight excluding hydrogens is 251 g/mol. The maximum Gasteiger partial charge on any atom is 0.256 e. The normalized spacial score (nSPS) is 24.1. The van der Waals surface area contributed by atoms with Crippen LogP contribution in [0.3, 0.4) is 0 Å². The monoisotopic (exact) mass is 268 g/mol. The Bertz CT molecular complexity index is 466. The van der Waals surface area contributed by atoms with E-state index in [-0.39, 0.29) is 17.5 Å². The number of thioether (sulfide) groups is 1. The fourth-order valence-corrected chi connectivity index (χ4v) is 3.19. The van der Waals surface area contributed by atoms with Crippen LogP contribution in [-0.4, -0.2) is 34.4 Å². The molecule has 0 saturated carbocycles. The molecule has 18 heavy (non-hydrogen) atoms. The summed E-state index contributed by atoms with van der Waals surface area (Å²) in [5.74, 6) is 0.304. The van der Waals surface area contributed by atoms with Crippen LogP contribution in [0.1, 0.15) is 24.2 Å². The van der Waals surface area contributed by atoms with Crippen LogP contribution in [0.15, 0.2) is 18.2 Å². The number of nitrogens with zero attached hydrogens (tertiary/aromatic N) is 1. The molecule has 0 aliphatic carbocycles. The van der Waals surface area contributed by atoms with Gasteiger partial charge >= 0.3 is 0 Å². The van der Waals surface area contributed by atoms with E-state index in [0.717, 1.165) is 5.75 Å². The predicted molar refractivity (Wildman–Crippen MR) is 73.2 cm³/mol. The molecule has 1 amide bonds. The molecule has 2 rings (SSSR count). The molecule has 5 heteroatoms. The van der Waals surface area contributed by atoms with E-state index in [1.807, 2.05) is 18.7 Å². The van der Waals surface area contributed by atoms with E-state index in [1.54, 1.807) is 4.90 Å². The predicted octanol–water partition coefficient (Wildman–Crippen LogP) is 2.37. The Morgan fingerprint density at radius 3 is 2.94 bits per heavy atom. The lowest BCUT2D eigenvalue weighted by atomic mass is 10.1. The van der Waals surface area contributed by atoms with E-state index in [0.29, 0.717) is 17.5 Å². The summed E-state index contributed by atoms with van der Waals surface area (Å²) in [7, 11) is 0. The molecule has 3 nitrogen and oxygen atoms in total. The molecule has 0 spiro atoms. The van der Waals surface area contributed by atoms with Gasteiger partial charge in [0.1, 0.15) is 5.82 Å². The number of amides is 1. The summed E-state index contributed by atoms with van der Waals surface area (Å²) in [6.07, 6.45) is 0. The smallest absolute Gasteiger partial charge is 0.256 e. The first-order valence-electron chi connectivity index (χ1n) is 5.98. The van der Waals surface area contributed by atoms with Crippen molar-refractivity contribution in [3.63, 3.8) is 0 Å². The molecule has 1 fully saturated rings. The minimum absolute atomic E-state index is 0.138. The first kappa shape index (κ1) is 13.2. The van der Waals surface area contributed by atoms with Gasteiger partial charge < -0.3 is 10.6 Å². The molecule has 2 unspecified atom stereocenters. The van der Waals surface area contributed by atoms with E-state index in [9.17, 15) is 9.18 Å². The number of hydrogen-bond acceptors (Lipinski definition) is 3. The fourth-order valence-electron chi connectivity index (χ4n) is 2.09. The lowest BCUT2D eigenvalue weighted by Gasteiger charge is -2.37. The Hall–Kier alpha value is -1.23. The largest absolute Gasteiger partial charge is 0.398 e. The van der Waals surface area contributed by atoms with E-state index in [1.165, 1.54) is 18.2 Å². The van der Waals surface area contributed by atoms with Gasteiger partial charge in [0.2, 0.25) is 0 Å². The van der Waals surface area contributed by atoms with Crippen molar-refractivity contribution >= 4 is 23.4 Å². The van der Waals surface area contributed by atoms with Crippen LogP contribution in [0.5, 0.6) is 0 Å². The molecule has 98 valence electrons. The summed E-state index contributed by atoms with van der Waals surface area (Å²) >= 11 is 1.85. The summed E-state index contributed by atoms with van der Waals surface area (Å²) in [4.78, 5) is 14.2. The van der Waals surface area contributed by atoms with Crippen molar-refractivity contribution in [1.29, 1.82) is 0 Å². The average molecular weight is 268 g/mol. The number of anilines is 1. The summed E-state index contributed by atoms with van der Waals surface area (Å²) in [5.41, 5.74) is 6.36. The zero-order valence-corrected chi connectivity index (χ0v) is 11.3. The van der Waals surface area contributed by atoms with Crippen molar-refractivity contribution in [2.75, 3.05) is 18.0 Å². The highest BCUT2D eigenvalue weighted by Crippen LogP contribution is 2.27. The van der Waals surface area contributed by atoms with Gasteiger partial charge in [0, 0.05) is 29.3 Å². The SMILES string of the molecule is CC1SCCN(C(=O)c2cc(F)ccc2N)C1C. The van der Waals surface area contributed by atoms with Crippen LogP contribution in [-0.2, 0) is 0 Å². The number of nitrogen functional groups attached to an aromatic ring is 1. The van der Waals surface area contributed by atoms with Crippen LogP contribution < -0.4 is 5.73 Å². The molecule has 0 radical (unpaired) electrons. The molecule has 0 bridgehead atoms. The van der Waals surface area contributed by atoms with E-state index in [2.05, 4.69) is 6.92 Å². The van der Waals surface area contributed by atoms with E-state index in [4.69, 9.17) is 5.73 Å². The zero-order valence-electron chi connectivity index (χ0n) is 10.5. The highest BCUT2D eigenvalue weighted by molar-refractivity contribution is 8.00. The Labute approximate surface area is 111 Å². The third kappa shape index (κ3) is 2.46. The maximum absolute atomic E-state index is 13.2. The van der Waals surface area contributed by atoms with Gasteiger partial charge in [-0.3, -0.25) is 4.79 Å². The van der Waals surface area contributed by atoms with Crippen LogP contribution in [0, 0.1) is 5.82 Å². The van der Waals surface area contributed by atoms with Crippen LogP contribution in [0.25, 0.3) is 0 Å². The van der Waals surface area contributed by atoms with Gasteiger partial charge in [-0.1, -0.05) is 6.92 Å². The van der Waals surface area contributed by atoms with E-state index >= 15 is 0 Å². The number of rotatable bonds is 1. The van der Waals surface area contributed by atoms with Crippen molar-refractivity contribution in [2.24, 2.45) is 0 Å². The number of benzene rings is 1. The van der Waals surface area contributed by atoms with Crippen molar-refractivity contribution in [1.82, 2.24) is 4.90 Å². The van der Waals surface area contributed by atoms with Gasteiger partial charge in [0.05, 0.1) is 5.56 Å². The highest BCUT2D eigenvalue weighted by Gasteiger charge is 2.30. The van der Waals surface area contributed by atoms with Gasteiger partial charge in [0.25, 0.3) is 5.91 Å². The van der Waals surface area contributed by atoms with Gasteiger partial charge in [-0.15, -0.1) is 0 Å². The molecule has 1 saturated heterocycles. The van der Waals surface area contributed by atoms with Crippen molar-refractivity contribution in [3.05, 3.63) is 29.6 Å². The first-order chi connectivity index (χ1) is 8.50. The van der Waals surface area contributed by atoms with Crippen molar-refractivity contribution < 1.29 is 9.18 Å². The second-order valence-corrected chi connectivity index (χ2v) is 6.03. The molecular formula is C13H17FN2OS. The molecule has 2 N–H and O–H groups in total. The van der Waals surface area contributed by atoms with Gasteiger partial charge in [0.15, 0.2) is 0 Å². The highest BCUT2D eigenvalue weighted by atomic mass is 32.2. The molecule has 1 aromatic rings. The molecule has 0 aromatic heterocycles. The quantitative estimate of drug-likeness (QED) is 0.795. The minimum Gasteiger partial charge on any atom is -0.398 e. The molecule has 2 atom stereocenters. The average Bonchev–Trinajstić information content (AvgIpc) is 2.35. The van der Waals surface area contributed by atoms with Gasteiger partial charge in [-0.05, 0) is 25.1 Å². The maximum atomic E-state index is 13.2. The van der Waals surface area contributed by atoms with Gasteiger partial charge in [-0.2, -0.15) is 11.8 Å². The molecule has 1 aromatic carbocycles. The Morgan fingerprint density at radius 1 is 1.50 bits per heavy atom. The number of carbonyl (C=O) groups is 1. The third-order valence-electron chi connectivity index (χ3n) is 3.39. The number of halogens is 1. The zero-order chi connectivity index (χ0) is 13.3. The molecule has 1 aliphatic rings. The summed E-state index contributed by atoms with van der Waals surface area (Å²) in [6, 6.07) is 4.06. The summed E-state index contributed by atoms with van der Waals surface area (Å²) < 4.78 is 13.2. The Kier molecular flexibility index (Phi) is 3.80. The third-order valence-corrected chi connectivity index (χ3v) is 4.73. The Balaban J connectivity index is 2.27. The second-order valence-electron chi connectivity index (χ2n) is 4.55. The lowest BCUT2D eigenvalue weighted by molar-refractivity contribution is 0.0699. The van der Waals surface area contributed by atoms with Crippen LogP contribution >= 0.6 is 11.8 Å². The fraction of sp³-hybridized carbons (Fsp3) is 0.462. The lowest BCUT2D eigenvalue weighted by Crippen LogP contribution is -2.48. The topological polar surface area (TPSA) is 46.3 Å². The second kappa shape index (κ2) is 5.18. The van der Waals surface area contributed by atoms with Crippen LogP contribution in [0.2, 0.25) is 0 Å². The minimum atomic E-state index is -0.431. The summed E-state index contributed by atoms with van der Waals surface area (Å²) in [6.45, 7) is 4.80.